The van der Waals surface area contributed by atoms with Crippen LogP contribution in [0.15, 0.2) is 51.7 Å². The highest BCUT2D eigenvalue weighted by molar-refractivity contribution is 6.05. The van der Waals surface area contributed by atoms with Crippen LogP contribution in [0.3, 0.4) is 0 Å². The average Bonchev–Trinajstić information content (AvgIpc) is 3.48. The molecule has 6 nitrogen and oxygen atoms in total. The number of aryl methyl sites for hydroxylation is 1. The molecule has 4 rings (SSSR count). The lowest BCUT2D eigenvalue weighted by molar-refractivity contribution is 0.102. The number of hydrogen-bond donors (Lipinski definition) is 2. The molecule has 0 saturated heterocycles. The maximum Gasteiger partial charge on any atom is 0.349 e. The number of nitrogens with one attached hydrogen (secondary N) is 1. The van der Waals surface area contributed by atoms with E-state index in [1.165, 1.54) is 0 Å². The number of ether oxygens (including phenoxy) is 1. The molecule has 0 bridgehead atoms. The number of carbonyl (C=O) groups excluding carboxylic acids is 1. The van der Waals surface area contributed by atoms with Gasteiger partial charge in [-0.15, -0.1) is 0 Å². The molecule has 0 radical (unpaired) electrons. The lowest BCUT2D eigenvalue weighted by Crippen LogP contribution is -2.21. The summed E-state index contributed by atoms with van der Waals surface area (Å²) in [5.74, 6) is 0.207. The third-order valence-corrected chi connectivity index (χ3v) is 5.51. The Bertz CT molecular complexity index is 1140. The number of fused-ring (bicyclic) bond motifs is 1. The van der Waals surface area contributed by atoms with Gasteiger partial charge in [0, 0.05) is 22.2 Å². The molecule has 2 aromatic carbocycles. The van der Waals surface area contributed by atoms with Gasteiger partial charge in [-0.1, -0.05) is 25.5 Å². The number of anilines is 1. The van der Waals surface area contributed by atoms with Crippen molar-refractivity contribution in [3.8, 4) is 5.75 Å². The number of benzene rings is 2. The first-order valence-corrected chi connectivity index (χ1v) is 10.4. The zero-order chi connectivity index (χ0) is 21.3. The molecule has 3 aromatic rings. The van der Waals surface area contributed by atoms with E-state index in [9.17, 15) is 9.59 Å². The van der Waals surface area contributed by atoms with Gasteiger partial charge in [-0.3, -0.25) is 4.79 Å². The highest BCUT2D eigenvalue weighted by atomic mass is 16.5. The Morgan fingerprint density at radius 2 is 1.90 bits per heavy atom. The first kappa shape index (κ1) is 20.2. The minimum absolute atomic E-state index is 0.0318. The molecule has 1 aromatic heterocycles. The van der Waals surface area contributed by atoms with Gasteiger partial charge in [0.05, 0.1) is 6.61 Å². The molecule has 0 unspecified atom stereocenters. The van der Waals surface area contributed by atoms with Crippen LogP contribution in [0, 0.1) is 0 Å². The van der Waals surface area contributed by atoms with Gasteiger partial charge in [-0.2, -0.15) is 0 Å². The highest BCUT2D eigenvalue weighted by Gasteiger charge is 2.39. The minimum atomic E-state index is -0.665. The predicted octanol–water partition coefficient (Wildman–Crippen LogP) is 4.34. The van der Waals surface area contributed by atoms with Crippen LogP contribution in [0.2, 0.25) is 0 Å². The summed E-state index contributed by atoms with van der Waals surface area (Å²) < 4.78 is 11.3. The molecule has 1 aliphatic carbocycles. The number of amides is 1. The highest BCUT2D eigenvalue weighted by Crippen LogP contribution is 2.42. The van der Waals surface area contributed by atoms with Crippen LogP contribution >= 0.6 is 0 Å². The molecule has 0 aliphatic heterocycles. The molecular formula is C24H26N2O4. The van der Waals surface area contributed by atoms with Crippen molar-refractivity contribution >= 4 is 22.6 Å². The van der Waals surface area contributed by atoms with E-state index in [0.29, 0.717) is 29.0 Å². The van der Waals surface area contributed by atoms with Crippen molar-refractivity contribution < 1.29 is 13.9 Å². The summed E-state index contributed by atoms with van der Waals surface area (Å²) >= 11 is 0. The van der Waals surface area contributed by atoms with Crippen LogP contribution < -0.4 is 21.4 Å². The normalized spacial score (nSPS) is 14.5. The quantitative estimate of drug-likeness (QED) is 0.569. The summed E-state index contributed by atoms with van der Waals surface area (Å²) in [6, 6.07) is 12.7. The molecule has 1 heterocycles. The standard InChI is InChI=1S/C24H26N2O4/c1-3-5-18-20(29-4-2)11-6-15-14-19(23(28)30-21(15)18)22(27)26-17-9-7-16(8-10-17)24(25)12-13-24/h6-11,14H,3-5,12-13,25H2,1-2H3,(H,26,27). The summed E-state index contributed by atoms with van der Waals surface area (Å²) in [6.07, 6.45) is 3.55. The van der Waals surface area contributed by atoms with Crippen molar-refractivity contribution in [2.75, 3.05) is 11.9 Å². The van der Waals surface area contributed by atoms with Crippen LogP contribution in [0.25, 0.3) is 11.0 Å². The maximum atomic E-state index is 12.7. The Balaban J connectivity index is 1.63. The summed E-state index contributed by atoms with van der Waals surface area (Å²) in [5.41, 5.74) is 8.27. The van der Waals surface area contributed by atoms with Gasteiger partial charge in [0.1, 0.15) is 16.9 Å². The van der Waals surface area contributed by atoms with Gasteiger partial charge in [-0.05, 0) is 62.1 Å². The summed E-state index contributed by atoms with van der Waals surface area (Å²) in [6.45, 7) is 4.49. The molecule has 0 atom stereocenters. The molecule has 1 aliphatic rings. The second kappa shape index (κ2) is 7.95. The summed E-state index contributed by atoms with van der Waals surface area (Å²) in [7, 11) is 0. The molecule has 1 amide bonds. The first-order chi connectivity index (χ1) is 14.4. The van der Waals surface area contributed by atoms with Crippen molar-refractivity contribution in [3.05, 3.63) is 69.6 Å². The Labute approximate surface area is 175 Å². The molecule has 0 spiro atoms. The lowest BCUT2D eigenvalue weighted by atomic mass is 10.0. The second-order valence-electron chi connectivity index (χ2n) is 7.78. The monoisotopic (exact) mass is 406 g/mol. The van der Waals surface area contributed by atoms with Crippen molar-refractivity contribution in [2.24, 2.45) is 5.73 Å². The van der Waals surface area contributed by atoms with Crippen LogP contribution in [0.4, 0.5) is 5.69 Å². The lowest BCUT2D eigenvalue weighted by Gasteiger charge is -2.13. The van der Waals surface area contributed by atoms with E-state index in [0.717, 1.165) is 36.8 Å². The molecular weight excluding hydrogens is 380 g/mol. The zero-order valence-corrected chi connectivity index (χ0v) is 17.3. The summed E-state index contributed by atoms with van der Waals surface area (Å²) in [4.78, 5) is 25.3. The van der Waals surface area contributed by atoms with Crippen molar-refractivity contribution in [1.29, 1.82) is 0 Å². The predicted molar refractivity (Wildman–Crippen MR) is 117 cm³/mol. The Kier molecular flexibility index (Phi) is 5.35. The third-order valence-electron chi connectivity index (χ3n) is 5.51. The molecule has 1 saturated carbocycles. The van der Waals surface area contributed by atoms with Crippen LogP contribution in [-0.4, -0.2) is 12.5 Å². The third kappa shape index (κ3) is 3.83. The van der Waals surface area contributed by atoms with Gasteiger partial charge < -0.3 is 20.2 Å². The van der Waals surface area contributed by atoms with E-state index in [-0.39, 0.29) is 11.1 Å². The zero-order valence-electron chi connectivity index (χ0n) is 17.3. The Morgan fingerprint density at radius 3 is 2.53 bits per heavy atom. The Hall–Kier alpha value is -3.12. The van der Waals surface area contributed by atoms with Crippen molar-refractivity contribution in [2.45, 2.75) is 45.1 Å². The van der Waals surface area contributed by atoms with Gasteiger partial charge >= 0.3 is 5.63 Å². The average molecular weight is 406 g/mol. The topological polar surface area (TPSA) is 94.6 Å². The van der Waals surface area contributed by atoms with E-state index in [1.807, 2.05) is 31.2 Å². The maximum absolute atomic E-state index is 12.7. The largest absolute Gasteiger partial charge is 0.493 e. The second-order valence-corrected chi connectivity index (χ2v) is 7.78. The van der Waals surface area contributed by atoms with E-state index in [1.54, 1.807) is 18.2 Å². The molecule has 3 N–H and O–H groups in total. The van der Waals surface area contributed by atoms with Crippen LogP contribution in [-0.2, 0) is 12.0 Å². The fourth-order valence-electron chi connectivity index (χ4n) is 3.67. The molecule has 30 heavy (non-hydrogen) atoms. The minimum Gasteiger partial charge on any atom is -0.493 e. The fraction of sp³-hybridized carbons (Fsp3) is 0.333. The first-order valence-electron chi connectivity index (χ1n) is 10.4. The van der Waals surface area contributed by atoms with Gasteiger partial charge in [0.25, 0.3) is 5.91 Å². The number of rotatable bonds is 7. The number of carbonyl (C=O) groups is 1. The SMILES string of the molecule is CCCc1c(OCC)ccc2cc(C(=O)Nc3ccc(C4(N)CC4)cc3)c(=O)oc12. The number of hydrogen-bond acceptors (Lipinski definition) is 5. The van der Waals surface area contributed by atoms with E-state index in [4.69, 9.17) is 14.9 Å². The van der Waals surface area contributed by atoms with Crippen molar-refractivity contribution in [3.63, 3.8) is 0 Å². The van der Waals surface area contributed by atoms with Crippen LogP contribution in [0.1, 0.15) is 54.6 Å². The van der Waals surface area contributed by atoms with Crippen LogP contribution in [0.5, 0.6) is 5.75 Å². The number of nitrogens with two attached hydrogens (primary N) is 1. The van der Waals surface area contributed by atoms with Gasteiger partial charge in [-0.25, -0.2) is 4.79 Å². The summed E-state index contributed by atoms with van der Waals surface area (Å²) in [5, 5.41) is 3.47. The van der Waals surface area contributed by atoms with Gasteiger partial charge in [0.15, 0.2) is 0 Å². The Morgan fingerprint density at radius 1 is 1.17 bits per heavy atom. The van der Waals surface area contributed by atoms with E-state index < -0.39 is 11.5 Å². The van der Waals surface area contributed by atoms with E-state index >= 15 is 0 Å². The van der Waals surface area contributed by atoms with E-state index in [2.05, 4.69) is 12.2 Å². The smallest absolute Gasteiger partial charge is 0.349 e. The molecule has 6 heteroatoms. The molecule has 1 fully saturated rings. The van der Waals surface area contributed by atoms with Gasteiger partial charge in [0.2, 0.25) is 0 Å². The van der Waals surface area contributed by atoms with Crippen molar-refractivity contribution in [1.82, 2.24) is 0 Å². The molecule has 156 valence electrons. The fourth-order valence-corrected chi connectivity index (χ4v) is 3.67.